The van der Waals surface area contributed by atoms with E-state index >= 15 is 0 Å². The number of hydroxylamine groups is 1. The number of nitrogens with one attached hydrogen (secondary N) is 3. The molecule has 3 atom stereocenters. The molecule has 3 aromatic carbocycles. The van der Waals surface area contributed by atoms with Crippen molar-refractivity contribution in [3.05, 3.63) is 89.5 Å². The van der Waals surface area contributed by atoms with E-state index < -0.39 is 12.2 Å². The second-order valence-corrected chi connectivity index (χ2v) is 11.0. The average Bonchev–Trinajstić information content (AvgIpc) is 3.00. The molecule has 5 N–H and O–H groups in total. The summed E-state index contributed by atoms with van der Waals surface area (Å²) in [6.45, 7) is 1.44. The normalized spacial score (nSPS) is 18.2. The number of amides is 3. The molecular weight excluding hydrogens is 558 g/mol. The van der Waals surface area contributed by atoms with Crippen LogP contribution < -0.4 is 16.1 Å². The number of anilines is 2. The largest absolute Gasteiger partial charge is 0.392 e. The number of rotatable bonds is 12. The summed E-state index contributed by atoms with van der Waals surface area (Å²) in [5, 5.41) is 23.7. The fourth-order valence-electron chi connectivity index (χ4n) is 4.50. The smallest absolute Gasteiger partial charge is 0.243 e. The first kappa shape index (κ1) is 31.2. The van der Waals surface area contributed by atoms with E-state index in [0.29, 0.717) is 24.3 Å². The molecule has 1 aliphatic heterocycles. The van der Waals surface area contributed by atoms with Gasteiger partial charge in [0, 0.05) is 53.8 Å². The van der Waals surface area contributed by atoms with Crippen LogP contribution in [0.15, 0.2) is 77.7 Å². The molecule has 0 spiro atoms. The van der Waals surface area contributed by atoms with Gasteiger partial charge in [-0.15, -0.1) is 11.8 Å². The molecule has 42 heavy (non-hydrogen) atoms. The zero-order valence-corrected chi connectivity index (χ0v) is 24.1. The minimum absolute atomic E-state index is 0.0370. The van der Waals surface area contributed by atoms with E-state index in [1.54, 1.807) is 23.3 Å². The molecule has 1 saturated heterocycles. The van der Waals surface area contributed by atoms with Crippen molar-refractivity contribution in [3.8, 4) is 0 Å². The van der Waals surface area contributed by atoms with E-state index in [4.69, 9.17) is 14.7 Å². The lowest BCUT2D eigenvalue weighted by atomic mass is 10.0. The Morgan fingerprint density at radius 1 is 0.881 bits per heavy atom. The van der Waals surface area contributed by atoms with Crippen LogP contribution in [0.25, 0.3) is 0 Å². The number of carbonyl (C=O) groups excluding carboxylic acids is 3. The number of carbonyl (C=O) groups is 3. The van der Waals surface area contributed by atoms with Gasteiger partial charge in [-0.2, -0.15) is 0 Å². The zero-order valence-electron chi connectivity index (χ0n) is 23.2. The number of aliphatic hydroxyl groups excluding tert-OH is 1. The minimum atomic E-state index is -0.681. The van der Waals surface area contributed by atoms with Crippen LogP contribution in [-0.4, -0.2) is 39.9 Å². The van der Waals surface area contributed by atoms with Crippen molar-refractivity contribution < 1.29 is 34.2 Å². The van der Waals surface area contributed by atoms with Crippen molar-refractivity contribution in [2.75, 3.05) is 16.4 Å². The molecule has 11 heteroatoms. The van der Waals surface area contributed by atoms with E-state index in [1.807, 2.05) is 66.7 Å². The minimum Gasteiger partial charge on any atom is -0.392 e. The van der Waals surface area contributed by atoms with Crippen molar-refractivity contribution >= 4 is 40.9 Å². The summed E-state index contributed by atoms with van der Waals surface area (Å²) in [6, 6.07) is 22.6. The molecule has 222 valence electrons. The third-order valence-electron chi connectivity index (χ3n) is 6.60. The highest BCUT2D eigenvalue weighted by molar-refractivity contribution is 7.99. The monoisotopic (exact) mass is 593 g/mol. The Hall–Kier alpha value is -3.74. The lowest BCUT2D eigenvalue weighted by Gasteiger charge is -2.36. The molecule has 0 aliphatic carbocycles. The molecule has 3 amide bonds. The van der Waals surface area contributed by atoms with E-state index in [1.165, 1.54) is 6.92 Å². The van der Waals surface area contributed by atoms with Crippen molar-refractivity contribution in [1.82, 2.24) is 5.48 Å². The summed E-state index contributed by atoms with van der Waals surface area (Å²) < 4.78 is 12.8. The lowest BCUT2D eigenvalue weighted by molar-refractivity contribution is -0.245. The predicted molar refractivity (Wildman–Crippen MR) is 159 cm³/mol. The Bertz CT molecular complexity index is 1350. The standard InChI is InChI=1S/C31H35N3O7S/c1-20(36)32-24-12-14-27(15-13-24)42-19-26-17-28(22-10-8-21(18-35)9-11-22)41-31(40-26)23-4-2-5-25(16-23)33-29(37)6-3-7-30(38)34-39/h2,4-5,8-16,26,28,31,35,39H,3,6-7,17-19H2,1H3,(H,32,36)(H,33,37)(H,34,38)/t26-,28+,31+/m0/s1. The van der Waals surface area contributed by atoms with Gasteiger partial charge < -0.3 is 25.2 Å². The first-order chi connectivity index (χ1) is 20.3. The molecule has 4 rings (SSSR count). The third-order valence-corrected chi connectivity index (χ3v) is 7.74. The highest BCUT2D eigenvalue weighted by Gasteiger charge is 2.32. The summed E-state index contributed by atoms with van der Waals surface area (Å²) >= 11 is 1.65. The maximum atomic E-state index is 12.4. The van der Waals surface area contributed by atoms with E-state index in [2.05, 4.69) is 10.6 Å². The molecule has 3 aromatic rings. The van der Waals surface area contributed by atoms with Crippen LogP contribution in [0.2, 0.25) is 0 Å². The second-order valence-electron chi connectivity index (χ2n) is 9.93. The Labute approximate surface area is 248 Å². The van der Waals surface area contributed by atoms with Gasteiger partial charge >= 0.3 is 0 Å². The van der Waals surface area contributed by atoms with Crippen molar-refractivity contribution in [1.29, 1.82) is 0 Å². The van der Waals surface area contributed by atoms with Crippen LogP contribution in [0, 0.1) is 0 Å². The molecule has 10 nitrogen and oxygen atoms in total. The SMILES string of the molecule is CC(=O)Nc1ccc(SC[C@@H]2C[C@H](c3ccc(CO)cc3)O[C@H](c3cccc(NC(=O)CCCC(=O)NO)c3)O2)cc1. The highest BCUT2D eigenvalue weighted by Crippen LogP contribution is 2.40. The van der Waals surface area contributed by atoms with E-state index in [-0.39, 0.29) is 43.5 Å². The Kier molecular flexibility index (Phi) is 11.5. The van der Waals surface area contributed by atoms with Gasteiger partial charge in [-0.25, -0.2) is 5.48 Å². The third kappa shape index (κ3) is 9.40. The predicted octanol–water partition coefficient (Wildman–Crippen LogP) is 5.09. The Morgan fingerprint density at radius 2 is 1.62 bits per heavy atom. The number of ether oxygens (including phenoxy) is 2. The lowest BCUT2D eigenvalue weighted by Crippen LogP contribution is -2.31. The van der Waals surface area contributed by atoms with E-state index in [9.17, 15) is 19.5 Å². The number of thioether (sulfide) groups is 1. The molecule has 0 aromatic heterocycles. The fourth-order valence-corrected chi connectivity index (χ4v) is 5.42. The number of aliphatic hydroxyl groups is 1. The first-order valence-corrected chi connectivity index (χ1v) is 14.7. The van der Waals surface area contributed by atoms with Gasteiger partial charge in [0.2, 0.25) is 17.7 Å². The summed E-state index contributed by atoms with van der Waals surface area (Å²) in [5.74, 6) is -0.232. The molecule has 1 aliphatic rings. The van der Waals surface area contributed by atoms with Crippen LogP contribution in [0.3, 0.4) is 0 Å². The highest BCUT2D eigenvalue weighted by atomic mass is 32.2. The quantitative estimate of drug-likeness (QED) is 0.111. The second kappa shape index (κ2) is 15.5. The Morgan fingerprint density at radius 3 is 2.31 bits per heavy atom. The van der Waals surface area contributed by atoms with Crippen molar-refractivity contribution in [3.63, 3.8) is 0 Å². The molecule has 0 unspecified atom stereocenters. The number of hydrogen-bond acceptors (Lipinski definition) is 8. The maximum absolute atomic E-state index is 12.4. The van der Waals surface area contributed by atoms with Gasteiger partial charge in [-0.05, 0) is 53.9 Å². The van der Waals surface area contributed by atoms with Crippen LogP contribution >= 0.6 is 11.8 Å². The van der Waals surface area contributed by atoms with Gasteiger partial charge in [0.1, 0.15) is 0 Å². The van der Waals surface area contributed by atoms with Gasteiger partial charge in [0.15, 0.2) is 6.29 Å². The van der Waals surface area contributed by atoms with Crippen LogP contribution in [0.5, 0.6) is 0 Å². The van der Waals surface area contributed by atoms with Crippen molar-refractivity contribution in [2.24, 2.45) is 0 Å². The Balaban J connectivity index is 1.45. The molecular formula is C31H35N3O7S. The summed E-state index contributed by atoms with van der Waals surface area (Å²) in [7, 11) is 0. The molecule has 0 bridgehead atoms. The molecule has 0 saturated carbocycles. The van der Waals surface area contributed by atoms with Gasteiger partial charge in [0.05, 0.1) is 18.8 Å². The molecule has 0 radical (unpaired) electrons. The van der Waals surface area contributed by atoms with Gasteiger partial charge in [-0.3, -0.25) is 19.6 Å². The first-order valence-electron chi connectivity index (χ1n) is 13.7. The molecule has 1 heterocycles. The van der Waals surface area contributed by atoms with E-state index in [0.717, 1.165) is 27.3 Å². The zero-order chi connectivity index (χ0) is 29.9. The van der Waals surface area contributed by atoms with Gasteiger partial charge in [0.25, 0.3) is 0 Å². The number of hydrogen-bond donors (Lipinski definition) is 5. The summed E-state index contributed by atoms with van der Waals surface area (Å²) in [4.78, 5) is 35.9. The van der Waals surface area contributed by atoms with Crippen LogP contribution in [0.4, 0.5) is 11.4 Å². The van der Waals surface area contributed by atoms with Gasteiger partial charge in [-0.1, -0.05) is 36.4 Å². The fraction of sp³-hybridized carbons (Fsp3) is 0.323. The maximum Gasteiger partial charge on any atom is 0.243 e. The summed E-state index contributed by atoms with van der Waals surface area (Å²) in [6.07, 6.45) is 0.0301. The van der Waals surface area contributed by atoms with Crippen LogP contribution in [0.1, 0.15) is 61.7 Å². The van der Waals surface area contributed by atoms with Crippen LogP contribution in [-0.2, 0) is 30.5 Å². The molecule has 1 fully saturated rings. The van der Waals surface area contributed by atoms with Crippen molar-refractivity contribution in [2.45, 2.75) is 62.6 Å². The topological polar surface area (TPSA) is 146 Å². The number of benzene rings is 3. The summed E-state index contributed by atoms with van der Waals surface area (Å²) in [5.41, 5.74) is 5.42. The average molecular weight is 594 g/mol.